The molecule has 0 aromatic heterocycles. The van der Waals surface area contributed by atoms with Gasteiger partial charge in [-0.05, 0) is 36.1 Å². The van der Waals surface area contributed by atoms with Crippen LogP contribution in [0.15, 0.2) is 53.4 Å². The first-order valence-electron chi connectivity index (χ1n) is 5.96. The van der Waals surface area contributed by atoms with Crippen LogP contribution in [0.5, 0.6) is 0 Å². The van der Waals surface area contributed by atoms with Gasteiger partial charge in [0.15, 0.2) is 0 Å². The van der Waals surface area contributed by atoms with E-state index in [0.29, 0.717) is 12.1 Å². The second-order valence-corrected chi connectivity index (χ2v) is 4.97. The number of benzene rings is 2. The van der Waals surface area contributed by atoms with Crippen LogP contribution in [-0.4, -0.2) is 12.2 Å². The monoisotopic (exact) mass is 272 g/mol. The third kappa shape index (κ3) is 3.51. The predicted molar refractivity (Wildman–Crippen MR) is 80.2 cm³/mol. The number of carbonyl (C=O) groups excluding carboxylic acids is 1. The van der Waals surface area contributed by atoms with Gasteiger partial charge in [0.2, 0.25) is 0 Å². The number of carbonyl (C=O) groups is 1. The number of anilines is 1. The van der Waals surface area contributed by atoms with Gasteiger partial charge in [0.25, 0.3) is 5.91 Å². The first-order chi connectivity index (χ1) is 9.20. The summed E-state index contributed by atoms with van der Waals surface area (Å²) in [5, 5.41) is 2.92. The smallest absolute Gasteiger partial charge is 0.252 e. The van der Waals surface area contributed by atoms with Crippen molar-refractivity contribution in [1.82, 2.24) is 5.32 Å². The SMILES string of the molecule is CSc1ccccc1C(=O)NCc1ccc(N)cc1. The molecule has 1 amide bonds. The van der Waals surface area contributed by atoms with Gasteiger partial charge in [0.1, 0.15) is 0 Å². The van der Waals surface area contributed by atoms with E-state index in [4.69, 9.17) is 5.73 Å². The summed E-state index contributed by atoms with van der Waals surface area (Å²) in [5.74, 6) is -0.0539. The topological polar surface area (TPSA) is 55.1 Å². The molecule has 0 saturated carbocycles. The molecule has 0 aliphatic heterocycles. The summed E-state index contributed by atoms with van der Waals surface area (Å²) in [6.45, 7) is 0.502. The fourth-order valence-corrected chi connectivity index (χ4v) is 2.34. The molecule has 0 atom stereocenters. The summed E-state index contributed by atoms with van der Waals surface area (Å²) in [6.07, 6.45) is 1.96. The zero-order valence-electron chi connectivity index (χ0n) is 10.7. The molecule has 0 saturated heterocycles. The predicted octanol–water partition coefficient (Wildman–Crippen LogP) is 2.92. The van der Waals surface area contributed by atoms with Crippen molar-refractivity contribution >= 4 is 23.4 Å². The average Bonchev–Trinajstić information content (AvgIpc) is 2.46. The lowest BCUT2D eigenvalue weighted by molar-refractivity contribution is 0.0948. The number of rotatable bonds is 4. The Kier molecular flexibility index (Phi) is 4.47. The largest absolute Gasteiger partial charge is 0.399 e. The summed E-state index contributed by atoms with van der Waals surface area (Å²) >= 11 is 1.57. The number of amides is 1. The molecule has 3 N–H and O–H groups in total. The van der Waals surface area contributed by atoms with E-state index >= 15 is 0 Å². The van der Waals surface area contributed by atoms with Crippen LogP contribution in [0.2, 0.25) is 0 Å². The quantitative estimate of drug-likeness (QED) is 0.664. The van der Waals surface area contributed by atoms with E-state index in [9.17, 15) is 4.79 Å². The molecular weight excluding hydrogens is 256 g/mol. The molecule has 3 nitrogen and oxygen atoms in total. The Hall–Kier alpha value is -1.94. The number of nitrogens with two attached hydrogens (primary N) is 1. The van der Waals surface area contributed by atoms with Gasteiger partial charge in [-0.15, -0.1) is 11.8 Å². The van der Waals surface area contributed by atoms with Crippen molar-refractivity contribution in [3.63, 3.8) is 0 Å². The number of hydrogen-bond donors (Lipinski definition) is 2. The third-order valence-electron chi connectivity index (χ3n) is 2.78. The van der Waals surface area contributed by atoms with Gasteiger partial charge in [-0.25, -0.2) is 0 Å². The van der Waals surface area contributed by atoms with Gasteiger partial charge in [0.05, 0.1) is 5.56 Å². The average molecular weight is 272 g/mol. The number of nitrogens with one attached hydrogen (secondary N) is 1. The second-order valence-electron chi connectivity index (χ2n) is 4.12. The molecule has 4 heteroatoms. The summed E-state index contributed by atoms with van der Waals surface area (Å²) in [4.78, 5) is 13.1. The van der Waals surface area contributed by atoms with Gasteiger partial charge in [-0.2, -0.15) is 0 Å². The highest BCUT2D eigenvalue weighted by molar-refractivity contribution is 7.98. The lowest BCUT2D eigenvalue weighted by Crippen LogP contribution is -2.23. The molecule has 0 radical (unpaired) electrons. The van der Waals surface area contributed by atoms with Crippen molar-refractivity contribution in [2.75, 3.05) is 12.0 Å². The zero-order valence-corrected chi connectivity index (χ0v) is 11.5. The molecule has 2 aromatic rings. The Bertz CT molecular complexity index is 567. The Morgan fingerprint density at radius 2 is 1.84 bits per heavy atom. The molecule has 0 bridgehead atoms. The van der Waals surface area contributed by atoms with Crippen LogP contribution in [0, 0.1) is 0 Å². The number of hydrogen-bond acceptors (Lipinski definition) is 3. The minimum Gasteiger partial charge on any atom is -0.399 e. The molecule has 2 rings (SSSR count). The van der Waals surface area contributed by atoms with Crippen LogP contribution in [-0.2, 0) is 6.54 Å². The summed E-state index contributed by atoms with van der Waals surface area (Å²) in [7, 11) is 0. The summed E-state index contributed by atoms with van der Waals surface area (Å²) in [6, 6.07) is 15.1. The highest BCUT2D eigenvalue weighted by Gasteiger charge is 2.09. The molecule has 0 spiro atoms. The van der Waals surface area contributed by atoms with Crippen molar-refractivity contribution in [3.05, 3.63) is 59.7 Å². The van der Waals surface area contributed by atoms with Crippen LogP contribution in [0.4, 0.5) is 5.69 Å². The molecule has 98 valence electrons. The van der Waals surface area contributed by atoms with E-state index < -0.39 is 0 Å². The Morgan fingerprint density at radius 1 is 1.16 bits per heavy atom. The first-order valence-corrected chi connectivity index (χ1v) is 7.19. The Morgan fingerprint density at radius 3 is 2.53 bits per heavy atom. The van der Waals surface area contributed by atoms with Crippen molar-refractivity contribution in [1.29, 1.82) is 0 Å². The van der Waals surface area contributed by atoms with Crippen molar-refractivity contribution in [2.45, 2.75) is 11.4 Å². The lowest BCUT2D eigenvalue weighted by Gasteiger charge is -2.08. The highest BCUT2D eigenvalue weighted by Crippen LogP contribution is 2.19. The minimum absolute atomic E-state index is 0.0539. The van der Waals surface area contributed by atoms with Crippen LogP contribution < -0.4 is 11.1 Å². The maximum Gasteiger partial charge on any atom is 0.252 e. The Balaban J connectivity index is 2.03. The van der Waals surface area contributed by atoms with E-state index in [1.54, 1.807) is 11.8 Å². The lowest BCUT2D eigenvalue weighted by atomic mass is 10.2. The van der Waals surface area contributed by atoms with Crippen LogP contribution in [0.3, 0.4) is 0 Å². The molecule has 2 aromatic carbocycles. The normalized spacial score (nSPS) is 10.2. The molecule has 19 heavy (non-hydrogen) atoms. The van der Waals surface area contributed by atoms with Gasteiger partial charge >= 0.3 is 0 Å². The number of thioether (sulfide) groups is 1. The first kappa shape index (κ1) is 13.5. The maximum absolute atomic E-state index is 12.1. The number of nitrogen functional groups attached to an aromatic ring is 1. The van der Waals surface area contributed by atoms with Gasteiger partial charge < -0.3 is 11.1 Å². The van der Waals surface area contributed by atoms with E-state index in [1.165, 1.54) is 0 Å². The molecular formula is C15H16N2OS. The summed E-state index contributed by atoms with van der Waals surface area (Å²) < 4.78 is 0. The van der Waals surface area contributed by atoms with Crippen LogP contribution in [0.1, 0.15) is 15.9 Å². The van der Waals surface area contributed by atoms with E-state index in [-0.39, 0.29) is 5.91 Å². The molecule has 0 aliphatic carbocycles. The van der Waals surface area contributed by atoms with Gasteiger partial charge in [-0.1, -0.05) is 24.3 Å². The van der Waals surface area contributed by atoms with E-state index in [1.807, 2.05) is 54.8 Å². The van der Waals surface area contributed by atoms with Gasteiger partial charge in [-0.3, -0.25) is 4.79 Å². The maximum atomic E-state index is 12.1. The molecule has 0 unspecified atom stereocenters. The van der Waals surface area contributed by atoms with E-state index in [0.717, 1.165) is 16.1 Å². The molecule has 0 fully saturated rings. The van der Waals surface area contributed by atoms with Crippen LogP contribution in [0.25, 0.3) is 0 Å². The fraction of sp³-hybridized carbons (Fsp3) is 0.133. The van der Waals surface area contributed by atoms with Crippen molar-refractivity contribution in [2.24, 2.45) is 0 Å². The van der Waals surface area contributed by atoms with Crippen molar-refractivity contribution in [3.8, 4) is 0 Å². The third-order valence-corrected chi connectivity index (χ3v) is 3.58. The van der Waals surface area contributed by atoms with Crippen molar-refractivity contribution < 1.29 is 4.79 Å². The highest BCUT2D eigenvalue weighted by atomic mass is 32.2. The molecule has 0 aliphatic rings. The fourth-order valence-electron chi connectivity index (χ4n) is 1.75. The zero-order chi connectivity index (χ0) is 13.7. The van der Waals surface area contributed by atoms with Gasteiger partial charge in [0, 0.05) is 17.1 Å². The Labute approximate surface area is 117 Å². The standard InChI is InChI=1S/C15H16N2OS/c1-19-14-5-3-2-4-13(14)15(18)17-10-11-6-8-12(16)9-7-11/h2-9H,10,16H2,1H3,(H,17,18). The summed E-state index contributed by atoms with van der Waals surface area (Å²) in [5.41, 5.74) is 8.09. The van der Waals surface area contributed by atoms with Crippen LogP contribution >= 0.6 is 11.8 Å². The second kappa shape index (κ2) is 6.29. The molecule has 0 heterocycles. The van der Waals surface area contributed by atoms with E-state index in [2.05, 4.69) is 5.32 Å². The minimum atomic E-state index is -0.0539.